The van der Waals surface area contributed by atoms with Crippen LogP contribution in [-0.2, 0) is 11.3 Å². The molecule has 0 saturated carbocycles. The summed E-state index contributed by atoms with van der Waals surface area (Å²) < 4.78 is 5.23. The van der Waals surface area contributed by atoms with E-state index < -0.39 is 0 Å². The van der Waals surface area contributed by atoms with Gasteiger partial charge in [0.15, 0.2) is 0 Å². The lowest BCUT2D eigenvalue weighted by Crippen LogP contribution is -2.46. The fourth-order valence-corrected chi connectivity index (χ4v) is 2.18. The molecule has 7 nitrogen and oxygen atoms in total. The Labute approximate surface area is 123 Å². The summed E-state index contributed by atoms with van der Waals surface area (Å²) in [6, 6.07) is 6.98. The van der Waals surface area contributed by atoms with Crippen molar-refractivity contribution in [3.05, 3.63) is 35.4 Å². The van der Waals surface area contributed by atoms with Crippen LogP contribution in [0.25, 0.3) is 0 Å². The van der Waals surface area contributed by atoms with Crippen LogP contribution in [0, 0.1) is 0 Å². The summed E-state index contributed by atoms with van der Waals surface area (Å²) in [5.41, 5.74) is 3.52. The third-order valence-corrected chi connectivity index (χ3v) is 3.38. The van der Waals surface area contributed by atoms with Crippen LogP contribution in [0.3, 0.4) is 0 Å². The van der Waals surface area contributed by atoms with Gasteiger partial charge in [-0.05, 0) is 17.7 Å². The van der Waals surface area contributed by atoms with E-state index in [9.17, 15) is 9.59 Å². The van der Waals surface area contributed by atoms with E-state index in [-0.39, 0.29) is 11.9 Å². The minimum absolute atomic E-state index is 0.0120. The molecule has 0 unspecified atom stereocenters. The molecule has 2 rings (SSSR count). The van der Waals surface area contributed by atoms with Gasteiger partial charge < -0.3 is 14.5 Å². The fourth-order valence-electron chi connectivity index (χ4n) is 2.18. The third kappa shape index (κ3) is 3.93. The van der Waals surface area contributed by atoms with Crippen LogP contribution in [0.2, 0.25) is 0 Å². The van der Waals surface area contributed by atoms with E-state index >= 15 is 0 Å². The van der Waals surface area contributed by atoms with Crippen molar-refractivity contribution in [1.82, 2.24) is 15.2 Å². The quantitative estimate of drug-likeness (QED) is 0.472. The number of morpholine rings is 1. The molecule has 0 spiro atoms. The first kappa shape index (κ1) is 15.3. The second-order valence-electron chi connectivity index (χ2n) is 4.91. The number of hydrogen-bond acceptors (Lipinski definition) is 4. The van der Waals surface area contributed by atoms with E-state index in [4.69, 9.17) is 10.6 Å². The number of ether oxygens (including phenoxy) is 1. The van der Waals surface area contributed by atoms with E-state index in [1.54, 1.807) is 29.0 Å². The molecular formula is C14H20N4O3. The Morgan fingerprint density at radius 1 is 1.29 bits per heavy atom. The second kappa shape index (κ2) is 7.05. The number of rotatable bonds is 3. The molecule has 0 bridgehead atoms. The number of carbonyl (C=O) groups excluding carboxylic acids is 2. The van der Waals surface area contributed by atoms with Crippen molar-refractivity contribution in [2.24, 2.45) is 5.84 Å². The lowest BCUT2D eigenvalue weighted by molar-refractivity contribution is 0.0448. The average molecular weight is 292 g/mol. The monoisotopic (exact) mass is 292 g/mol. The van der Waals surface area contributed by atoms with Crippen LogP contribution in [0.4, 0.5) is 4.79 Å². The predicted octanol–water partition coefficient (Wildman–Crippen LogP) is 0.174. The van der Waals surface area contributed by atoms with Crippen LogP contribution >= 0.6 is 0 Å². The van der Waals surface area contributed by atoms with E-state index in [1.165, 1.54) is 0 Å². The maximum absolute atomic E-state index is 12.2. The molecule has 3 amide bonds. The van der Waals surface area contributed by atoms with Crippen molar-refractivity contribution in [2.45, 2.75) is 6.54 Å². The number of amides is 3. The van der Waals surface area contributed by atoms with Gasteiger partial charge >= 0.3 is 6.03 Å². The number of nitrogen functional groups attached to an aromatic ring is 1. The summed E-state index contributed by atoms with van der Waals surface area (Å²) in [6.07, 6.45) is 0. The Hall–Kier alpha value is -2.12. The largest absolute Gasteiger partial charge is 0.378 e. The Morgan fingerprint density at radius 3 is 2.48 bits per heavy atom. The molecule has 1 heterocycles. The number of hydrazine groups is 1. The molecule has 1 aromatic rings. The van der Waals surface area contributed by atoms with E-state index in [2.05, 4.69) is 5.43 Å². The number of nitrogens with two attached hydrogens (primary N) is 1. The van der Waals surface area contributed by atoms with Gasteiger partial charge in [0, 0.05) is 32.2 Å². The molecule has 3 N–H and O–H groups in total. The van der Waals surface area contributed by atoms with Crippen LogP contribution in [-0.4, -0.2) is 55.1 Å². The molecule has 21 heavy (non-hydrogen) atoms. The fraction of sp³-hybridized carbons (Fsp3) is 0.429. The first-order valence-corrected chi connectivity index (χ1v) is 6.79. The third-order valence-electron chi connectivity index (χ3n) is 3.38. The smallest absolute Gasteiger partial charge is 0.320 e. The van der Waals surface area contributed by atoms with Crippen molar-refractivity contribution >= 4 is 11.9 Å². The molecule has 1 aliphatic rings. The summed E-state index contributed by atoms with van der Waals surface area (Å²) in [5.74, 6) is 4.74. The standard InChI is InChI=1S/C14H20N4O3/c1-17(14(20)18-6-8-21-9-7-18)10-11-2-4-12(5-3-11)13(19)16-15/h2-5H,6-10,15H2,1H3,(H,16,19). The van der Waals surface area contributed by atoms with Gasteiger partial charge in [0.1, 0.15) is 0 Å². The highest BCUT2D eigenvalue weighted by Crippen LogP contribution is 2.09. The van der Waals surface area contributed by atoms with Gasteiger partial charge in [0.25, 0.3) is 5.91 Å². The zero-order valence-electron chi connectivity index (χ0n) is 12.0. The van der Waals surface area contributed by atoms with Crippen LogP contribution < -0.4 is 11.3 Å². The summed E-state index contributed by atoms with van der Waals surface area (Å²) >= 11 is 0. The van der Waals surface area contributed by atoms with Gasteiger partial charge in [-0.1, -0.05) is 12.1 Å². The number of nitrogens with zero attached hydrogens (tertiary/aromatic N) is 2. The highest BCUT2D eigenvalue weighted by atomic mass is 16.5. The molecule has 1 aromatic carbocycles. The average Bonchev–Trinajstić information content (AvgIpc) is 2.55. The minimum Gasteiger partial charge on any atom is -0.378 e. The van der Waals surface area contributed by atoms with Crippen LogP contribution in [0.5, 0.6) is 0 Å². The van der Waals surface area contributed by atoms with Crippen molar-refractivity contribution in [3.8, 4) is 0 Å². The lowest BCUT2D eigenvalue weighted by atomic mass is 10.1. The summed E-state index contributed by atoms with van der Waals surface area (Å²) in [4.78, 5) is 27.0. The number of benzene rings is 1. The molecule has 7 heteroatoms. The van der Waals surface area contributed by atoms with Gasteiger partial charge in [-0.3, -0.25) is 10.2 Å². The first-order valence-electron chi connectivity index (χ1n) is 6.79. The van der Waals surface area contributed by atoms with Gasteiger partial charge in [-0.2, -0.15) is 0 Å². The molecule has 1 aliphatic heterocycles. The normalized spacial score (nSPS) is 14.7. The molecule has 114 valence electrons. The maximum atomic E-state index is 12.2. The van der Waals surface area contributed by atoms with Crippen molar-refractivity contribution in [2.75, 3.05) is 33.4 Å². The Kier molecular flexibility index (Phi) is 5.13. The topological polar surface area (TPSA) is 87.9 Å². The van der Waals surface area contributed by atoms with E-state index in [0.717, 1.165) is 5.56 Å². The summed E-state index contributed by atoms with van der Waals surface area (Å²) in [5, 5.41) is 0. The van der Waals surface area contributed by atoms with E-state index in [1.807, 2.05) is 12.1 Å². The Bertz CT molecular complexity index is 497. The molecule has 1 saturated heterocycles. The number of nitrogens with one attached hydrogen (secondary N) is 1. The van der Waals surface area contributed by atoms with Crippen molar-refractivity contribution in [3.63, 3.8) is 0 Å². The zero-order chi connectivity index (χ0) is 15.2. The van der Waals surface area contributed by atoms with E-state index in [0.29, 0.717) is 38.4 Å². The van der Waals surface area contributed by atoms with Gasteiger partial charge in [0.2, 0.25) is 0 Å². The van der Waals surface area contributed by atoms with Crippen LogP contribution in [0.1, 0.15) is 15.9 Å². The molecule has 0 aliphatic carbocycles. The van der Waals surface area contributed by atoms with Crippen molar-refractivity contribution in [1.29, 1.82) is 0 Å². The molecular weight excluding hydrogens is 272 g/mol. The molecule has 0 atom stereocenters. The molecule has 0 aromatic heterocycles. The SMILES string of the molecule is CN(Cc1ccc(C(=O)NN)cc1)C(=O)N1CCOCC1. The summed E-state index contributed by atoms with van der Waals surface area (Å²) in [7, 11) is 1.76. The van der Waals surface area contributed by atoms with Gasteiger partial charge in [-0.25, -0.2) is 10.6 Å². The van der Waals surface area contributed by atoms with Crippen molar-refractivity contribution < 1.29 is 14.3 Å². The number of carbonyl (C=O) groups is 2. The lowest BCUT2D eigenvalue weighted by Gasteiger charge is -2.31. The Morgan fingerprint density at radius 2 is 1.90 bits per heavy atom. The highest BCUT2D eigenvalue weighted by Gasteiger charge is 2.20. The van der Waals surface area contributed by atoms with Crippen LogP contribution in [0.15, 0.2) is 24.3 Å². The first-order chi connectivity index (χ1) is 10.1. The zero-order valence-corrected chi connectivity index (χ0v) is 12.0. The predicted molar refractivity (Wildman–Crippen MR) is 77.4 cm³/mol. The maximum Gasteiger partial charge on any atom is 0.320 e. The minimum atomic E-state index is -0.334. The molecule has 0 radical (unpaired) electrons. The number of urea groups is 1. The highest BCUT2D eigenvalue weighted by molar-refractivity contribution is 5.93. The van der Waals surface area contributed by atoms with Gasteiger partial charge in [0.05, 0.1) is 13.2 Å². The second-order valence-corrected chi connectivity index (χ2v) is 4.91. The summed E-state index contributed by atoms with van der Waals surface area (Å²) in [6.45, 7) is 2.91. The number of hydrogen-bond donors (Lipinski definition) is 2. The Balaban J connectivity index is 1.93. The molecule has 1 fully saturated rings. The van der Waals surface area contributed by atoms with Gasteiger partial charge in [-0.15, -0.1) is 0 Å².